The lowest BCUT2D eigenvalue weighted by Crippen LogP contribution is -1.90. The maximum atomic E-state index is 4.19. The van der Waals surface area contributed by atoms with E-state index >= 15 is 0 Å². The molecule has 3 nitrogen and oxygen atoms in total. The largest absolute Gasteiger partial charge is 0.303 e. The summed E-state index contributed by atoms with van der Waals surface area (Å²) in [5, 5.41) is 0. The SMILES string of the molecule is CC(C)C#Cc1cn2ccnc2cn1. The van der Waals surface area contributed by atoms with Crippen molar-refractivity contribution in [2.24, 2.45) is 5.92 Å². The molecular weight excluding hydrogens is 174 g/mol. The molecule has 0 radical (unpaired) electrons. The number of aromatic nitrogens is 3. The van der Waals surface area contributed by atoms with Gasteiger partial charge in [-0.15, -0.1) is 0 Å². The van der Waals surface area contributed by atoms with Crippen LogP contribution < -0.4 is 0 Å². The summed E-state index contributed by atoms with van der Waals surface area (Å²) in [6.07, 6.45) is 7.25. The van der Waals surface area contributed by atoms with Crippen LogP contribution in [-0.2, 0) is 0 Å². The summed E-state index contributed by atoms with van der Waals surface area (Å²) < 4.78 is 1.91. The fourth-order valence-electron chi connectivity index (χ4n) is 1.11. The van der Waals surface area contributed by atoms with Crippen molar-refractivity contribution < 1.29 is 0 Å². The van der Waals surface area contributed by atoms with Gasteiger partial charge in [0.1, 0.15) is 5.69 Å². The molecule has 0 aliphatic carbocycles. The number of rotatable bonds is 0. The monoisotopic (exact) mass is 185 g/mol. The maximum absolute atomic E-state index is 4.19. The van der Waals surface area contributed by atoms with Crippen molar-refractivity contribution in [1.82, 2.24) is 14.4 Å². The van der Waals surface area contributed by atoms with E-state index in [1.165, 1.54) is 0 Å². The average molecular weight is 185 g/mol. The molecule has 14 heavy (non-hydrogen) atoms. The van der Waals surface area contributed by atoms with E-state index in [0.29, 0.717) is 5.92 Å². The van der Waals surface area contributed by atoms with Crippen LogP contribution in [0, 0.1) is 17.8 Å². The average Bonchev–Trinajstić information content (AvgIpc) is 2.61. The third-order valence-corrected chi connectivity index (χ3v) is 1.77. The standard InChI is InChI=1S/C11H11N3/c1-9(2)3-4-10-8-14-6-5-12-11(14)7-13-10/h5-9H,1-2H3. The summed E-state index contributed by atoms with van der Waals surface area (Å²) in [6, 6.07) is 0. The van der Waals surface area contributed by atoms with Crippen LogP contribution in [0.25, 0.3) is 5.65 Å². The molecule has 2 aromatic rings. The summed E-state index contributed by atoms with van der Waals surface area (Å²) in [5.74, 6) is 6.46. The van der Waals surface area contributed by atoms with Gasteiger partial charge in [-0.2, -0.15) is 0 Å². The summed E-state index contributed by atoms with van der Waals surface area (Å²) >= 11 is 0. The molecule has 2 rings (SSSR count). The molecule has 0 fully saturated rings. The highest BCUT2D eigenvalue weighted by atomic mass is 15.0. The highest BCUT2D eigenvalue weighted by molar-refractivity contribution is 5.38. The van der Waals surface area contributed by atoms with Crippen molar-refractivity contribution in [2.75, 3.05) is 0 Å². The van der Waals surface area contributed by atoms with E-state index in [4.69, 9.17) is 0 Å². The Labute approximate surface area is 82.8 Å². The van der Waals surface area contributed by atoms with Crippen molar-refractivity contribution in [2.45, 2.75) is 13.8 Å². The zero-order chi connectivity index (χ0) is 9.97. The summed E-state index contributed by atoms with van der Waals surface area (Å²) in [6.45, 7) is 4.12. The van der Waals surface area contributed by atoms with E-state index in [0.717, 1.165) is 11.3 Å². The van der Waals surface area contributed by atoms with Crippen LogP contribution in [0.5, 0.6) is 0 Å². The molecule has 0 unspecified atom stereocenters. The Morgan fingerprint density at radius 2 is 2.21 bits per heavy atom. The number of hydrogen-bond acceptors (Lipinski definition) is 2. The minimum atomic E-state index is 0.371. The zero-order valence-corrected chi connectivity index (χ0v) is 8.23. The lowest BCUT2D eigenvalue weighted by molar-refractivity contribution is 0.866. The molecule has 0 aliphatic rings. The van der Waals surface area contributed by atoms with Crippen molar-refractivity contribution in [1.29, 1.82) is 0 Å². The van der Waals surface area contributed by atoms with Crippen LogP contribution in [0.2, 0.25) is 0 Å². The van der Waals surface area contributed by atoms with Crippen LogP contribution in [-0.4, -0.2) is 14.4 Å². The van der Waals surface area contributed by atoms with Crippen molar-refractivity contribution in [3.63, 3.8) is 0 Å². The second-order valence-corrected chi connectivity index (χ2v) is 3.39. The van der Waals surface area contributed by atoms with Crippen LogP contribution >= 0.6 is 0 Å². The number of nitrogens with zero attached hydrogens (tertiary/aromatic N) is 3. The van der Waals surface area contributed by atoms with Crippen LogP contribution in [0.15, 0.2) is 24.8 Å². The van der Waals surface area contributed by atoms with Crippen LogP contribution in [0.1, 0.15) is 19.5 Å². The second kappa shape index (κ2) is 3.51. The minimum Gasteiger partial charge on any atom is -0.303 e. The zero-order valence-electron chi connectivity index (χ0n) is 8.23. The van der Waals surface area contributed by atoms with Gasteiger partial charge in [-0.3, -0.25) is 0 Å². The Kier molecular flexibility index (Phi) is 2.19. The minimum absolute atomic E-state index is 0.371. The molecule has 0 saturated carbocycles. The summed E-state index contributed by atoms with van der Waals surface area (Å²) in [7, 11) is 0. The normalized spacial score (nSPS) is 10.2. The van der Waals surface area contributed by atoms with Gasteiger partial charge in [-0.05, 0) is 5.92 Å². The third-order valence-electron chi connectivity index (χ3n) is 1.77. The quantitative estimate of drug-likeness (QED) is 0.585. The second-order valence-electron chi connectivity index (χ2n) is 3.39. The molecule has 0 amide bonds. The predicted molar refractivity (Wildman–Crippen MR) is 54.7 cm³/mol. The molecule has 0 atom stereocenters. The van der Waals surface area contributed by atoms with E-state index in [-0.39, 0.29) is 0 Å². The van der Waals surface area contributed by atoms with Crippen molar-refractivity contribution in [3.8, 4) is 11.8 Å². The fourth-order valence-corrected chi connectivity index (χ4v) is 1.11. The van der Waals surface area contributed by atoms with Gasteiger partial charge in [0, 0.05) is 24.5 Å². The van der Waals surface area contributed by atoms with Gasteiger partial charge in [-0.1, -0.05) is 19.8 Å². The van der Waals surface area contributed by atoms with Gasteiger partial charge < -0.3 is 4.40 Å². The van der Waals surface area contributed by atoms with Gasteiger partial charge >= 0.3 is 0 Å². The first-order valence-corrected chi connectivity index (χ1v) is 4.56. The van der Waals surface area contributed by atoms with E-state index in [1.54, 1.807) is 12.4 Å². The van der Waals surface area contributed by atoms with E-state index < -0.39 is 0 Å². The predicted octanol–water partition coefficient (Wildman–Crippen LogP) is 1.74. The van der Waals surface area contributed by atoms with Gasteiger partial charge in [0.25, 0.3) is 0 Å². The highest BCUT2D eigenvalue weighted by Gasteiger charge is 1.94. The maximum Gasteiger partial charge on any atom is 0.155 e. The van der Waals surface area contributed by atoms with E-state index in [1.807, 2.05) is 16.8 Å². The molecule has 0 saturated heterocycles. The molecule has 3 heteroatoms. The van der Waals surface area contributed by atoms with Crippen LogP contribution in [0.3, 0.4) is 0 Å². The molecular formula is C11H11N3. The fraction of sp³-hybridized carbons (Fsp3) is 0.273. The molecule has 0 bridgehead atoms. The first-order chi connectivity index (χ1) is 6.75. The van der Waals surface area contributed by atoms with E-state index in [2.05, 4.69) is 35.7 Å². The molecule has 0 N–H and O–H groups in total. The summed E-state index contributed by atoms with van der Waals surface area (Å²) in [5.41, 5.74) is 1.63. The highest BCUT2D eigenvalue weighted by Crippen LogP contribution is 1.99. The number of fused-ring (bicyclic) bond motifs is 1. The first kappa shape index (κ1) is 8.76. The molecule has 0 spiro atoms. The van der Waals surface area contributed by atoms with Crippen molar-refractivity contribution in [3.05, 3.63) is 30.5 Å². The Morgan fingerprint density at radius 1 is 1.36 bits per heavy atom. The van der Waals surface area contributed by atoms with Crippen LogP contribution in [0.4, 0.5) is 0 Å². The number of imidazole rings is 1. The Morgan fingerprint density at radius 3 is 3.00 bits per heavy atom. The molecule has 2 aromatic heterocycles. The van der Waals surface area contributed by atoms with Gasteiger partial charge in [0.15, 0.2) is 5.65 Å². The Hall–Kier alpha value is -1.82. The Balaban J connectivity index is 2.41. The van der Waals surface area contributed by atoms with Gasteiger partial charge in [-0.25, -0.2) is 9.97 Å². The van der Waals surface area contributed by atoms with Crippen molar-refractivity contribution >= 4 is 5.65 Å². The Bertz CT molecular complexity index is 500. The smallest absolute Gasteiger partial charge is 0.155 e. The first-order valence-electron chi connectivity index (χ1n) is 4.56. The molecule has 70 valence electrons. The molecule has 0 aromatic carbocycles. The molecule has 2 heterocycles. The lowest BCUT2D eigenvalue weighted by Gasteiger charge is -1.93. The molecule has 0 aliphatic heterocycles. The third kappa shape index (κ3) is 1.74. The van der Waals surface area contributed by atoms with E-state index in [9.17, 15) is 0 Å². The number of hydrogen-bond donors (Lipinski definition) is 0. The van der Waals surface area contributed by atoms with Gasteiger partial charge in [0.05, 0.1) is 6.20 Å². The topological polar surface area (TPSA) is 30.2 Å². The lowest BCUT2D eigenvalue weighted by atomic mass is 10.2. The van der Waals surface area contributed by atoms with Gasteiger partial charge in [0.2, 0.25) is 0 Å². The summed E-state index contributed by atoms with van der Waals surface area (Å²) in [4.78, 5) is 8.30.